The standard InChI is InChI=1S/C13H21N3O4/c14-8(6-11(15)17)12(18)16-9-4-2-1-3-7(9)5-10(16)13(19)20/h7-10H,1-6,14H2,(H2,15,17)(H,19,20). The zero-order chi connectivity index (χ0) is 14.9. The summed E-state index contributed by atoms with van der Waals surface area (Å²) in [5.74, 6) is -1.89. The third kappa shape index (κ3) is 2.77. The summed E-state index contributed by atoms with van der Waals surface area (Å²) in [6.45, 7) is 0. The lowest BCUT2D eigenvalue weighted by Gasteiger charge is -2.34. The van der Waals surface area contributed by atoms with E-state index in [4.69, 9.17) is 11.5 Å². The molecule has 1 aliphatic heterocycles. The van der Waals surface area contributed by atoms with E-state index in [1.54, 1.807) is 0 Å². The Morgan fingerprint density at radius 3 is 2.50 bits per heavy atom. The smallest absolute Gasteiger partial charge is 0.326 e. The average Bonchev–Trinajstić information content (AvgIpc) is 2.76. The highest BCUT2D eigenvalue weighted by atomic mass is 16.4. The van der Waals surface area contributed by atoms with Gasteiger partial charge >= 0.3 is 5.97 Å². The van der Waals surface area contributed by atoms with E-state index in [1.165, 1.54) is 4.90 Å². The number of carbonyl (C=O) groups is 3. The molecule has 1 saturated heterocycles. The molecule has 7 nitrogen and oxygen atoms in total. The molecule has 0 bridgehead atoms. The molecule has 2 aliphatic rings. The number of nitrogens with two attached hydrogens (primary N) is 2. The fourth-order valence-corrected chi connectivity index (χ4v) is 3.49. The van der Waals surface area contributed by atoms with Crippen LogP contribution in [0.4, 0.5) is 0 Å². The van der Waals surface area contributed by atoms with Gasteiger partial charge in [0.25, 0.3) is 0 Å². The van der Waals surface area contributed by atoms with Crippen molar-refractivity contribution >= 4 is 17.8 Å². The molecule has 2 rings (SSSR count). The molecular formula is C13H21N3O4. The average molecular weight is 283 g/mol. The molecule has 4 atom stereocenters. The Bertz CT molecular complexity index is 426. The number of likely N-dealkylation sites (tertiary alicyclic amines) is 1. The molecule has 5 N–H and O–H groups in total. The predicted molar refractivity (Wildman–Crippen MR) is 70.4 cm³/mol. The van der Waals surface area contributed by atoms with Gasteiger partial charge in [-0.25, -0.2) is 4.79 Å². The van der Waals surface area contributed by atoms with Crippen LogP contribution in [0.1, 0.15) is 38.5 Å². The monoisotopic (exact) mass is 283 g/mol. The maximum Gasteiger partial charge on any atom is 0.326 e. The van der Waals surface area contributed by atoms with Crippen LogP contribution in [0.3, 0.4) is 0 Å². The van der Waals surface area contributed by atoms with Crippen LogP contribution in [0.2, 0.25) is 0 Å². The predicted octanol–water partition coefficient (Wildman–Crippen LogP) is -0.567. The van der Waals surface area contributed by atoms with E-state index in [0.717, 1.165) is 25.7 Å². The van der Waals surface area contributed by atoms with Crippen LogP contribution in [0, 0.1) is 5.92 Å². The number of rotatable bonds is 4. The van der Waals surface area contributed by atoms with E-state index in [0.29, 0.717) is 6.42 Å². The first-order chi connectivity index (χ1) is 9.41. The molecule has 0 aromatic carbocycles. The van der Waals surface area contributed by atoms with Gasteiger partial charge in [-0.2, -0.15) is 0 Å². The second-order valence-electron chi connectivity index (χ2n) is 5.72. The second kappa shape index (κ2) is 5.78. The van der Waals surface area contributed by atoms with Gasteiger partial charge in [-0.15, -0.1) is 0 Å². The largest absolute Gasteiger partial charge is 0.480 e. The molecule has 0 aromatic heterocycles. The Labute approximate surface area is 117 Å². The molecule has 0 aromatic rings. The summed E-state index contributed by atoms with van der Waals surface area (Å²) in [5.41, 5.74) is 10.7. The number of amides is 2. The zero-order valence-electron chi connectivity index (χ0n) is 11.3. The van der Waals surface area contributed by atoms with E-state index in [-0.39, 0.29) is 18.4 Å². The lowest BCUT2D eigenvalue weighted by atomic mass is 9.84. The normalized spacial score (nSPS) is 30.6. The highest BCUT2D eigenvalue weighted by Crippen LogP contribution is 2.40. The minimum atomic E-state index is -1.05. The van der Waals surface area contributed by atoms with E-state index in [9.17, 15) is 19.5 Å². The first-order valence-corrected chi connectivity index (χ1v) is 7.00. The van der Waals surface area contributed by atoms with Crippen LogP contribution < -0.4 is 11.5 Å². The molecule has 1 saturated carbocycles. The Kier molecular flexibility index (Phi) is 4.27. The van der Waals surface area contributed by atoms with Gasteiger partial charge < -0.3 is 21.5 Å². The van der Waals surface area contributed by atoms with Crippen LogP contribution in [0.15, 0.2) is 0 Å². The van der Waals surface area contributed by atoms with E-state index in [1.807, 2.05) is 0 Å². The number of carbonyl (C=O) groups excluding carboxylic acids is 2. The first kappa shape index (κ1) is 14.8. The van der Waals surface area contributed by atoms with Crippen LogP contribution >= 0.6 is 0 Å². The summed E-state index contributed by atoms with van der Waals surface area (Å²) in [6, 6.07) is -1.93. The zero-order valence-corrected chi connectivity index (χ0v) is 11.3. The highest BCUT2D eigenvalue weighted by Gasteiger charge is 2.48. The van der Waals surface area contributed by atoms with Gasteiger partial charge in [-0.1, -0.05) is 12.8 Å². The number of fused-ring (bicyclic) bond motifs is 1. The summed E-state index contributed by atoms with van der Waals surface area (Å²) in [6.07, 6.45) is 4.05. The lowest BCUT2D eigenvalue weighted by Crippen LogP contribution is -2.53. The molecule has 1 heterocycles. The van der Waals surface area contributed by atoms with Crippen molar-refractivity contribution in [3.63, 3.8) is 0 Å². The van der Waals surface area contributed by atoms with Crippen molar-refractivity contribution in [1.29, 1.82) is 0 Å². The van der Waals surface area contributed by atoms with Crippen LogP contribution in [0.25, 0.3) is 0 Å². The molecule has 20 heavy (non-hydrogen) atoms. The number of hydrogen-bond donors (Lipinski definition) is 3. The van der Waals surface area contributed by atoms with Crippen molar-refractivity contribution < 1.29 is 19.5 Å². The summed E-state index contributed by atoms with van der Waals surface area (Å²) in [5, 5.41) is 9.32. The molecule has 7 heteroatoms. The second-order valence-corrected chi connectivity index (χ2v) is 5.72. The fraction of sp³-hybridized carbons (Fsp3) is 0.769. The number of nitrogens with zero attached hydrogens (tertiary/aromatic N) is 1. The van der Waals surface area contributed by atoms with Crippen LogP contribution in [-0.2, 0) is 14.4 Å². The summed E-state index contributed by atoms with van der Waals surface area (Å²) < 4.78 is 0. The fourth-order valence-electron chi connectivity index (χ4n) is 3.49. The number of aliphatic carboxylic acids is 1. The Balaban J connectivity index is 2.18. The van der Waals surface area contributed by atoms with Gasteiger partial charge in [0, 0.05) is 6.04 Å². The Morgan fingerprint density at radius 1 is 1.25 bits per heavy atom. The van der Waals surface area contributed by atoms with E-state index >= 15 is 0 Å². The van der Waals surface area contributed by atoms with Crippen LogP contribution in [0.5, 0.6) is 0 Å². The topological polar surface area (TPSA) is 127 Å². The summed E-state index contributed by atoms with van der Waals surface area (Å²) in [7, 11) is 0. The summed E-state index contributed by atoms with van der Waals surface area (Å²) in [4.78, 5) is 36.0. The number of carboxylic acids is 1. The van der Waals surface area contributed by atoms with Gasteiger partial charge in [-0.05, 0) is 25.2 Å². The van der Waals surface area contributed by atoms with Crippen molar-refractivity contribution in [3.05, 3.63) is 0 Å². The maximum atomic E-state index is 12.4. The first-order valence-electron chi connectivity index (χ1n) is 7.00. The van der Waals surface area contributed by atoms with Crippen molar-refractivity contribution in [2.24, 2.45) is 17.4 Å². The maximum absolute atomic E-state index is 12.4. The van der Waals surface area contributed by atoms with Crippen molar-refractivity contribution in [2.75, 3.05) is 0 Å². The lowest BCUT2D eigenvalue weighted by molar-refractivity contribution is -0.150. The molecule has 2 amide bonds. The van der Waals surface area contributed by atoms with Crippen LogP contribution in [-0.4, -0.2) is 45.9 Å². The van der Waals surface area contributed by atoms with E-state index < -0.39 is 29.9 Å². The molecule has 2 fully saturated rings. The van der Waals surface area contributed by atoms with E-state index in [2.05, 4.69) is 0 Å². The minimum Gasteiger partial charge on any atom is -0.480 e. The van der Waals surface area contributed by atoms with Gasteiger partial charge in [0.1, 0.15) is 6.04 Å². The van der Waals surface area contributed by atoms with Gasteiger partial charge in [0.05, 0.1) is 12.5 Å². The summed E-state index contributed by atoms with van der Waals surface area (Å²) >= 11 is 0. The number of hydrogen-bond acceptors (Lipinski definition) is 4. The third-order valence-electron chi connectivity index (χ3n) is 4.37. The van der Waals surface area contributed by atoms with Crippen molar-refractivity contribution in [3.8, 4) is 0 Å². The van der Waals surface area contributed by atoms with Crippen molar-refractivity contribution in [1.82, 2.24) is 4.90 Å². The molecule has 0 radical (unpaired) electrons. The molecule has 4 unspecified atom stereocenters. The number of carboxylic acid groups (broad SMARTS) is 1. The quantitative estimate of drug-likeness (QED) is 0.637. The minimum absolute atomic E-state index is 0.0590. The highest BCUT2D eigenvalue weighted by molar-refractivity contribution is 5.91. The third-order valence-corrected chi connectivity index (χ3v) is 4.37. The van der Waals surface area contributed by atoms with Gasteiger partial charge in [-0.3, -0.25) is 9.59 Å². The molecule has 112 valence electrons. The Morgan fingerprint density at radius 2 is 1.90 bits per heavy atom. The molecular weight excluding hydrogens is 262 g/mol. The van der Waals surface area contributed by atoms with Crippen molar-refractivity contribution in [2.45, 2.75) is 56.7 Å². The number of primary amides is 1. The Hall–Kier alpha value is -1.63. The SMILES string of the molecule is NC(=O)CC(N)C(=O)N1C(C(=O)O)CC2CCCCC21. The molecule has 0 spiro atoms. The molecule has 1 aliphatic carbocycles. The van der Waals surface area contributed by atoms with Gasteiger partial charge in [0.15, 0.2) is 0 Å². The van der Waals surface area contributed by atoms with Gasteiger partial charge in [0.2, 0.25) is 11.8 Å².